The van der Waals surface area contributed by atoms with Crippen molar-refractivity contribution in [3.8, 4) is 5.75 Å². The highest BCUT2D eigenvalue weighted by molar-refractivity contribution is 7.89. The van der Waals surface area contributed by atoms with E-state index in [1.54, 1.807) is 0 Å². The lowest BCUT2D eigenvalue weighted by molar-refractivity contribution is 0.0734. The second-order valence-electron chi connectivity index (χ2n) is 4.89. The van der Waals surface area contributed by atoms with Crippen LogP contribution < -0.4 is 4.74 Å². The predicted molar refractivity (Wildman–Crippen MR) is 93.7 cm³/mol. The molecule has 0 aromatic heterocycles. The van der Waals surface area contributed by atoms with Crippen molar-refractivity contribution < 1.29 is 17.9 Å². The molecule has 0 spiro atoms. The lowest BCUT2D eigenvalue weighted by Gasteiger charge is -2.13. The van der Waals surface area contributed by atoms with Crippen LogP contribution in [0.2, 0.25) is 15.1 Å². The summed E-state index contributed by atoms with van der Waals surface area (Å²) in [5.74, 6) is -0.652. The van der Waals surface area contributed by atoms with Gasteiger partial charge >= 0.3 is 5.97 Å². The van der Waals surface area contributed by atoms with E-state index in [1.807, 2.05) is 0 Å². The number of rotatable bonds is 4. The molecule has 2 aromatic carbocycles. The van der Waals surface area contributed by atoms with Crippen LogP contribution in [0.5, 0.6) is 5.75 Å². The lowest BCUT2D eigenvalue weighted by Crippen LogP contribution is -2.22. The molecule has 0 aliphatic heterocycles. The van der Waals surface area contributed by atoms with Crippen LogP contribution in [-0.2, 0) is 10.0 Å². The Balaban J connectivity index is 2.37. The molecule has 0 aliphatic rings. The number of carbonyl (C=O) groups is 1. The van der Waals surface area contributed by atoms with Crippen molar-refractivity contribution in [1.29, 1.82) is 0 Å². The molecule has 0 fully saturated rings. The second-order valence-corrected chi connectivity index (χ2v) is 8.27. The molecule has 9 heteroatoms. The van der Waals surface area contributed by atoms with Crippen LogP contribution in [0.4, 0.5) is 0 Å². The van der Waals surface area contributed by atoms with E-state index in [2.05, 4.69) is 0 Å². The third-order valence-electron chi connectivity index (χ3n) is 3.04. The number of hydrogen-bond donors (Lipinski definition) is 0. The number of benzene rings is 2. The molecule has 0 heterocycles. The van der Waals surface area contributed by atoms with Gasteiger partial charge in [-0.15, -0.1) is 0 Å². The molecule has 0 amide bonds. The maximum atomic E-state index is 12.3. The molecule has 2 aromatic rings. The third-order valence-corrected chi connectivity index (χ3v) is 5.92. The maximum Gasteiger partial charge on any atom is 0.345 e. The van der Waals surface area contributed by atoms with Gasteiger partial charge in [0, 0.05) is 20.2 Å². The van der Waals surface area contributed by atoms with Gasteiger partial charge in [-0.3, -0.25) is 0 Å². The number of hydrogen-bond acceptors (Lipinski definition) is 4. The van der Waals surface area contributed by atoms with Gasteiger partial charge in [-0.2, -0.15) is 0 Å². The zero-order chi connectivity index (χ0) is 18.1. The van der Waals surface area contributed by atoms with Gasteiger partial charge in [0.2, 0.25) is 10.0 Å². The maximum absolute atomic E-state index is 12.3. The van der Waals surface area contributed by atoms with Crippen LogP contribution in [0.3, 0.4) is 0 Å². The molecule has 24 heavy (non-hydrogen) atoms. The van der Waals surface area contributed by atoms with Crippen molar-refractivity contribution in [2.24, 2.45) is 0 Å². The highest BCUT2D eigenvalue weighted by Crippen LogP contribution is 2.28. The number of esters is 1. The number of ether oxygens (including phenoxy) is 1. The summed E-state index contributed by atoms with van der Waals surface area (Å²) < 4.78 is 30.5. The first-order valence-corrected chi connectivity index (χ1v) is 9.09. The molecular formula is C15H12Cl3NO4S. The van der Waals surface area contributed by atoms with E-state index in [1.165, 1.54) is 44.4 Å². The van der Waals surface area contributed by atoms with Crippen LogP contribution in [0.15, 0.2) is 41.3 Å². The summed E-state index contributed by atoms with van der Waals surface area (Å²) in [6, 6.07) is 8.10. The van der Waals surface area contributed by atoms with Gasteiger partial charge in [-0.1, -0.05) is 34.8 Å². The van der Waals surface area contributed by atoms with Crippen LogP contribution in [0, 0.1) is 0 Å². The second kappa shape index (κ2) is 7.29. The topological polar surface area (TPSA) is 63.7 Å². The first kappa shape index (κ1) is 19.0. The van der Waals surface area contributed by atoms with Gasteiger partial charge in [0.25, 0.3) is 0 Å². The SMILES string of the molecule is CN(C)S(=O)(=O)c1ccc(Cl)c(C(=O)Oc2ccc(Cl)c(Cl)c2)c1. The number of sulfonamides is 1. The van der Waals surface area contributed by atoms with Gasteiger partial charge in [0.15, 0.2) is 0 Å². The Kier molecular flexibility index (Phi) is 5.78. The minimum absolute atomic E-state index is 0.0674. The summed E-state index contributed by atoms with van der Waals surface area (Å²) in [7, 11) is -0.933. The van der Waals surface area contributed by atoms with Gasteiger partial charge in [0.05, 0.1) is 25.5 Å². The quantitative estimate of drug-likeness (QED) is 0.564. The van der Waals surface area contributed by atoms with Crippen molar-refractivity contribution in [2.45, 2.75) is 4.90 Å². The van der Waals surface area contributed by atoms with Crippen molar-refractivity contribution >= 4 is 50.8 Å². The minimum atomic E-state index is -3.71. The van der Waals surface area contributed by atoms with E-state index in [0.29, 0.717) is 5.02 Å². The zero-order valence-corrected chi connectivity index (χ0v) is 15.7. The average molecular weight is 409 g/mol. The van der Waals surface area contributed by atoms with E-state index in [0.717, 1.165) is 10.4 Å². The van der Waals surface area contributed by atoms with E-state index in [4.69, 9.17) is 39.5 Å². The molecule has 0 saturated carbocycles. The Morgan fingerprint density at radius 2 is 1.58 bits per heavy atom. The van der Waals surface area contributed by atoms with E-state index in [9.17, 15) is 13.2 Å². The van der Waals surface area contributed by atoms with Crippen LogP contribution >= 0.6 is 34.8 Å². The van der Waals surface area contributed by atoms with Crippen molar-refractivity contribution in [3.63, 3.8) is 0 Å². The van der Waals surface area contributed by atoms with Crippen LogP contribution in [-0.4, -0.2) is 32.8 Å². The molecule has 2 rings (SSSR count). The predicted octanol–water partition coefficient (Wildman–Crippen LogP) is 4.12. The smallest absolute Gasteiger partial charge is 0.345 e. The van der Waals surface area contributed by atoms with Gasteiger partial charge in [-0.05, 0) is 30.3 Å². The van der Waals surface area contributed by atoms with Crippen LogP contribution in [0.1, 0.15) is 10.4 Å². The third kappa shape index (κ3) is 4.02. The summed E-state index contributed by atoms with van der Waals surface area (Å²) in [5, 5.41) is 0.600. The number of halogens is 3. The summed E-state index contributed by atoms with van der Waals surface area (Å²) in [5.41, 5.74) is -0.0781. The Bertz CT molecular complexity index is 898. The molecule has 0 N–H and O–H groups in total. The number of nitrogens with zero attached hydrogens (tertiary/aromatic N) is 1. The Morgan fingerprint density at radius 3 is 2.17 bits per heavy atom. The molecule has 0 atom stereocenters. The summed E-state index contributed by atoms with van der Waals surface area (Å²) in [6.45, 7) is 0. The normalized spacial score (nSPS) is 11.6. The summed E-state index contributed by atoms with van der Waals surface area (Å²) in [4.78, 5) is 12.2. The van der Waals surface area contributed by atoms with E-state index < -0.39 is 16.0 Å². The highest BCUT2D eigenvalue weighted by Gasteiger charge is 2.21. The Labute approximate surface area is 154 Å². The van der Waals surface area contributed by atoms with Gasteiger partial charge in [0.1, 0.15) is 5.75 Å². The summed E-state index contributed by atoms with van der Waals surface area (Å²) >= 11 is 17.6. The molecule has 128 valence electrons. The molecule has 5 nitrogen and oxygen atoms in total. The molecule has 0 aliphatic carbocycles. The standard InChI is InChI=1S/C15H12Cl3NO4S/c1-19(2)24(21,22)10-4-6-12(16)11(8-10)15(20)23-9-3-5-13(17)14(18)7-9/h3-8H,1-2H3. The van der Waals surface area contributed by atoms with Gasteiger partial charge in [-0.25, -0.2) is 17.5 Å². The van der Waals surface area contributed by atoms with Crippen molar-refractivity contribution in [2.75, 3.05) is 14.1 Å². The van der Waals surface area contributed by atoms with Gasteiger partial charge < -0.3 is 4.74 Å². The highest BCUT2D eigenvalue weighted by atomic mass is 35.5. The molecule has 0 unspecified atom stereocenters. The Morgan fingerprint density at radius 1 is 0.958 bits per heavy atom. The lowest BCUT2D eigenvalue weighted by atomic mass is 10.2. The minimum Gasteiger partial charge on any atom is -0.423 e. The molecular weight excluding hydrogens is 397 g/mol. The monoisotopic (exact) mass is 407 g/mol. The largest absolute Gasteiger partial charge is 0.423 e. The average Bonchev–Trinajstić information content (AvgIpc) is 2.51. The van der Waals surface area contributed by atoms with Crippen molar-refractivity contribution in [3.05, 3.63) is 57.0 Å². The fourth-order valence-electron chi connectivity index (χ4n) is 1.73. The molecule has 0 radical (unpaired) electrons. The fraction of sp³-hybridized carbons (Fsp3) is 0.133. The molecule has 0 bridgehead atoms. The van der Waals surface area contributed by atoms with Crippen molar-refractivity contribution in [1.82, 2.24) is 4.31 Å². The first-order valence-electron chi connectivity index (χ1n) is 6.52. The number of carbonyl (C=O) groups excluding carboxylic acids is 1. The Hall–Kier alpha value is -1.31. The first-order chi connectivity index (χ1) is 11.1. The zero-order valence-electron chi connectivity index (χ0n) is 12.6. The summed E-state index contributed by atoms with van der Waals surface area (Å²) in [6.07, 6.45) is 0. The fourth-order valence-corrected chi connectivity index (χ4v) is 3.15. The molecule has 0 saturated heterocycles. The van der Waals surface area contributed by atoms with E-state index >= 15 is 0 Å². The van der Waals surface area contributed by atoms with Crippen LogP contribution in [0.25, 0.3) is 0 Å². The van der Waals surface area contributed by atoms with E-state index in [-0.39, 0.29) is 26.3 Å².